The van der Waals surface area contributed by atoms with Crippen LogP contribution in [-0.4, -0.2) is 69.7 Å². The van der Waals surface area contributed by atoms with Crippen LogP contribution in [-0.2, 0) is 9.59 Å². The third kappa shape index (κ3) is 7.52. The summed E-state index contributed by atoms with van der Waals surface area (Å²) >= 11 is 1.39. The minimum Gasteiger partial charge on any atom is -0.408 e. The lowest BCUT2D eigenvalue weighted by molar-refractivity contribution is -0.137. The summed E-state index contributed by atoms with van der Waals surface area (Å²) in [5.74, 6) is -0.730. The maximum atomic E-state index is 13.7. The smallest absolute Gasteiger partial charge is 0.286 e. The predicted molar refractivity (Wildman–Crippen MR) is 135 cm³/mol. The Morgan fingerprint density at radius 3 is 2.34 bits per heavy atom. The van der Waals surface area contributed by atoms with Crippen molar-refractivity contribution in [3.8, 4) is 0 Å². The number of carbonyl (C=O) groups excluding carboxylic acids is 3. The molecule has 1 unspecified atom stereocenters. The summed E-state index contributed by atoms with van der Waals surface area (Å²) in [5, 5.41) is 14.6. The number of rotatable bonds is 10. The predicted octanol–water partition coefficient (Wildman–Crippen LogP) is 3.44. The first kappa shape index (κ1) is 27.6. The van der Waals surface area contributed by atoms with E-state index in [1.807, 2.05) is 27.7 Å². The molecule has 2 heterocycles. The van der Waals surface area contributed by atoms with Crippen molar-refractivity contribution in [1.82, 2.24) is 25.7 Å². The van der Waals surface area contributed by atoms with Crippen LogP contribution in [0.4, 0.5) is 0 Å². The molecule has 1 aliphatic heterocycles. The number of hydrogen-bond acceptors (Lipinski definition) is 8. The van der Waals surface area contributed by atoms with Gasteiger partial charge in [-0.05, 0) is 58.2 Å². The highest BCUT2D eigenvalue weighted by Crippen LogP contribution is 2.30. The van der Waals surface area contributed by atoms with Crippen molar-refractivity contribution in [1.29, 1.82) is 0 Å². The van der Waals surface area contributed by atoms with Crippen molar-refractivity contribution in [3.05, 3.63) is 5.89 Å². The maximum absolute atomic E-state index is 13.7. The second-order valence-corrected chi connectivity index (χ2v) is 12.3. The summed E-state index contributed by atoms with van der Waals surface area (Å²) in [7, 11) is 2.06. The summed E-state index contributed by atoms with van der Waals surface area (Å²) in [6.45, 7) is 9.76. The molecule has 1 aliphatic carbocycles. The Hall–Kier alpha value is -1.94. The number of hydrogen-bond donors (Lipinski definition) is 2. The van der Waals surface area contributed by atoms with E-state index in [0.717, 1.165) is 45.2 Å². The van der Waals surface area contributed by atoms with E-state index in [1.165, 1.54) is 11.8 Å². The average Bonchev–Trinajstić information content (AvgIpc) is 3.26. The van der Waals surface area contributed by atoms with Crippen molar-refractivity contribution in [3.63, 3.8) is 0 Å². The highest BCUT2D eigenvalue weighted by atomic mass is 32.2. The lowest BCUT2D eigenvalue weighted by Gasteiger charge is -2.39. The van der Waals surface area contributed by atoms with Crippen LogP contribution >= 0.6 is 11.8 Å². The molecule has 0 radical (unpaired) electrons. The molecule has 10 heteroatoms. The number of likely N-dealkylation sites (tertiary alicyclic amines) is 1. The van der Waals surface area contributed by atoms with Crippen molar-refractivity contribution in [2.45, 2.75) is 101 Å². The molecule has 1 aromatic heterocycles. The minimum atomic E-state index is -0.984. The number of piperidine rings is 1. The van der Waals surface area contributed by atoms with Crippen molar-refractivity contribution in [2.75, 3.05) is 20.1 Å². The first-order chi connectivity index (χ1) is 16.6. The number of aromatic nitrogens is 2. The molecule has 1 atom stereocenters. The number of thioether (sulfide) groups is 1. The van der Waals surface area contributed by atoms with Gasteiger partial charge >= 0.3 is 0 Å². The number of carbonyl (C=O) groups is 3. The monoisotopic (exact) mass is 507 g/mol. The first-order valence-corrected chi connectivity index (χ1v) is 13.8. The molecule has 1 aromatic rings. The van der Waals surface area contributed by atoms with Crippen molar-refractivity contribution >= 4 is 29.4 Å². The molecule has 35 heavy (non-hydrogen) atoms. The number of Topliss-reactive ketones (excluding diaryl/α,β-unsaturated/α-hetero) is 1. The molecule has 196 valence electrons. The van der Waals surface area contributed by atoms with E-state index < -0.39 is 11.6 Å². The molecule has 9 nitrogen and oxygen atoms in total. The normalized spacial score (nSPS) is 20.1. The van der Waals surface area contributed by atoms with Gasteiger partial charge in [-0.3, -0.25) is 14.4 Å². The second kappa shape index (κ2) is 12.3. The van der Waals surface area contributed by atoms with Crippen LogP contribution < -0.4 is 10.6 Å². The molecule has 2 amide bonds. The van der Waals surface area contributed by atoms with Crippen molar-refractivity contribution in [2.24, 2.45) is 11.8 Å². The van der Waals surface area contributed by atoms with Gasteiger partial charge in [-0.2, -0.15) is 0 Å². The van der Waals surface area contributed by atoms with Crippen LogP contribution in [0.1, 0.15) is 89.7 Å². The van der Waals surface area contributed by atoms with Crippen LogP contribution in [0, 0.1) is 11.8 Å². The first-order valence-electron chi connectivity index (χ1n) is 13.0. The van der Waals surface area contributed by atoms with E-state index in [4.69, 9.17) is 4.42 Å². The fraction of sp³-hybridized carbons (Fsp3) is 0.800. The zero-order valence-electron chi connectivity index (χ0n) is 21.8. The molecule has 1 saturated carbocycles. The number of amides is 2. The van der Waals surface area contributed by atoms with E-state index in [9.17, 15) is 14.4 Å². The molecule has 0 bridgehead atoms. The maximum Gasteiger partial charge on any atom is 0.286 e. The Kier molecular flexibility index (Phi) is 9.75. The Morgan fingerprint density at radius 1 is 1.09 bits per heavy atom. The van der Waals surface area contributed by atoms with Crippen molar-refractivity contribution < 1.29 is 18.8 Å². The molecule has 0 spiro atoms. The lowest BCUT2D eigenvalue weighted by atomic mass is 9.79. The van der Waals surface area contributed by atoms with Gasteiger partial charge in [0.1, 0.15) is 5.54 Å². The Morgan fingerprint density at radius 2 is 1.74 bits per heavy atom. The van der Waals surface area contributed by atoms with Crippen LogP contribution in [0.2, 0.25) is 0 Å². The molecular formula is C25H41N5O4S. The molecule has 2 fully saturated rings. The summed E-state index contributed by atoms with van der Waals surface area (Å²) in [5.41, 5.74) is -0.984. The standard InChI is InChI=1S/C25H41N5O4S/c1-16(2)15-19(20(31)22-28-29-24(34-22)35-17(3)4)26-23(33)25(11-7-6-8-12-25)27-21(32)18-9-13-30(5)14-10-18/h16-19H,6-15H2,1-5H3,(H,26,33)(H,27,32). The van der Waals surface area contributed by atoms with Crippen LogP contribution in [0.5, 0.6) is 0 Å². The second-order valence-electron chi connectivity index (χ2n) is 10.8. The van der Waals surface area contributed by atoms with Crippen LogP contribution in [0.15, 0.2) is 9.64 Å². The topological polar surface area (TPSA) is 117 Å². The molecule has 1 saturated heterocycles. The van der Waals surface area contributed by atoms with Gasteiger partial charge in [0.2, 0.25) is 17.6 Å². The summed E-state index contributed by atoms with van der Waals surface area (Å²) in [6, 6.07) is -0.793. The van der Waals surface area contributed by atoms with Gasteiger partial charge < -0.3 is 20.0 Å². The van der Waals surface area contributed by atoms with Crippen LogP contribution in [0.3, 0.4) is 0 Å². The van der Waals surface area contributed by atoms with Gasteiger partial charge in [-0.1, -0.05) is 58.7 Å². The Bertz CT molecular complexity index is 873. The number of ketones is 1. The van der Waals surface area contributed by atoms with Gasteiger partial charge in [0.05, 0.1) is 6.04 Å². The summed E-state index contributed by atoms with van der Waals surface area (Å²) < 4.78 is 5.59. The minimum absolute atomic E-state index is 0.0471. The lowest BCUT2D eigenvalue weighted by Crippen LogP contribution is -2.63. The van der Waals surface area contributed by atoms with E-state index in [1.54, 1.807) is 0 Å². The molecule has 2 N–H and O–H groups in total. The Balaban J connectivity index is 1.75. The highest BCUT2D eigenvalue weighted by molar-refractivity contribution is 7.99. The third-order valence-corrected chi connectivity index (χ3v) is 7.71. The average molecular weight is 508 g/mol. The van der Waals surface area contributed by atoms with E-state index in [0.29, 0.717) is 24.5 Å². The molecular weight excluding hydrogens is 466 g/mol. The van der Waals surface area contributed by atoms with Gasteiger partial charge in [-0.25, -0.2) is 0 Å². The van der Waals surface area contributed by atoms with E-state index >= 15 is 0 Å². The van der Waals surface area contributed by atoms with Crippen LogP contribution in [0.25, 0.3) is 0 Å². The Labute approximate surface area is 212 Å². The SMILES string of the molecule is CC(C)CC(NC(=O)C1(NC(=O)C2CCN(C)CC2)CCCCC1)C(=O)c1nnc(SC(C)C)o1. The fourth-order valence-electron chi connectivity index (χ4n) is 4.88. The highest BCUT2D eigenvalue weighted by Gasteiger charge is 2.44. The summed E-state index contributed by atoms with van der Waals surface area (Å²) in [4.78, 5) is 42.4. The molecule has 3 rings (SSSR count). The fourth-order valence-corrected chi connectivity index (χ4v) is 5.50. The third-order valence-electron chi connectivity index (χ3n) is 6.88. The quantitative estimate of drug-likeness (QED) is 0.365. The number of nitrogens with zero attached hydrogens (tertiary/aromatic N) is 3. The molecule has 0 aromatic carbocycles. The van der Waals surface area contributed by atoms with Gasteiger partial charge in [0, 0.05) is 11.2 Å². The van der Waals surface area contributed by atoms with Gasteiger partial charge in [0.25, 0.3) is 11.1 Å². The summed E-state index contributed by atoms with van der Waals surface area (Å²) in [6.07, 6.45) is 5.95. The zero-order chi connectivity index (χ0) is 25.6. The zero-order valence-corrected chi connectivity index (χ0v) is 22.6. The number of nitrogens with one attached hydrogen (secondary N) is 2. The largest absolute Gasteiger partial charge is 0.408 e. The molecule has 2 aliphatic rings. The van der Waals surface area contributed by atoms with E-state index in [2.05, 4.69) is 32.8 Å². The van der Waals surface area contributed by atoms with Gasteiger partial charge in [0.15, 0.2) is 0 Å². The van der Waals surface area contributed by atoms with Gasteiger partial charge in [-0.15, -0.1) is 10.2 Å². The van der Waals surface area contributed by atoms with E-state index in [-0.39, 0.29) is 40.6 Å².